The Morgan fingerprint density at radius 1 is 1.21 bits per heavy atom. The summed E-state index contributed by atoms with van der Waals surface area (Å²) in [6.45, 7) is 2.01. The van der Waals surface area contributed by atoms with Crippen molar-refractivity contribution in [3.05, 3.63) is 53.2 Å². The van der Waals surface area contributed by atoms with Crippen LogP contribution in [-0.4, -0.2) is 9.78 Å². The number of hydrogen-bond acceptors (Lipinski definition) is 2. The van der Waals surface area contributed by atoms with Crippen LogP contribution in [0.25, 0.3) is 10.9 Å². The third kappa shape index (κ3) is 2.17. The van der Waals surface area contributed by atoms with Crippen molar-refractivity contribution in [1.82, 2.24) is 9.78 Å². The molecule has 1 aromatic heterocycles. The molecule has 0 unspecified atom stereocenters. The average molecular weight is 272 g/mol. The minimum absolute atomic E-state index is 0.770. The first-order valence-electron chi connectivity index (χ1n) is 6.09. The molecule has 96 valence electrons. The number of benzene rings is 2. The van der Waals surface area contributed by atoms with E-state index in [1.165, 1.54) is 0 Å². The van der Waals surface area contributed by atoms with E-state index in [-0.39, 0.29) is 0 Å². The van der Waals surface area contributed by atoms with Gasteiger partial charge in [-0.05, 0) is 42.8 Å². The summed E-state index contributed by atoms with van der Waals surface area (Å²) in [5, 5.41) is 9.55. The second kappa shape index (κ2) is 4.59. The minimum Gasteiger partial charge on any atom is -0.355 e. The van der Waals surface area contributed by atoms with Gasteiger partial charge in [0.15, 0.2) is 0 Å². The van der Waals surface area contributed by atoms with Crippen LogP contribution in [0.15, 0.2) is 42.6 Å². The molecule has 0 saturated carbocycles. The number of halogens is 1. The Kier molecular flexibility index (Phi) is 2.91. The van der Waals surface area contributed by atoms with E-state index in [0.717, 1.165) is 32.9 Å². The van der Waals surface area contributed by atoms with Crippen molar-refractivity contribution < 1.29 is 0 Å². The standard InChI is InChI=1S/C15H14ClN3/c1-10-13(16)4-3-5-14(10)18-12-7-6-11-9-17-19(2)15(11)8-12/h3-9,18H,1-2H3. The van der Waals surface area contributed by atoms with E-state index < -0.39 is 0 Å². The molecular formula is C15H14ClN3. The van der Waals surface area contributed by atoms with E-state index in [9.17, 15) is 0 Å². The summed E-state index contributed by atoms with van der Waals surface area (Å²) in [5.74, 6) is 0. The summed E-state index contributed by atoms with van der Waals surface area (Å²) in [4.78, 5) is 0. The van der Waals surface area contributed by atoms with Crippen LogP contribution in [0.4, 0.5) is 11.4 Å². The average Bonchev–Trinajstić information content (AvgIpc) is 2.77. The van der Waals surface area contributed by atoms with Gasteiger partial charge in [0, 0.05) is 28.8 Å². The highest BCUT2D eigenvalue weighted by Gasteiger charge is 2.04. The van der Waals surface area contributed by atoms with Gasteiger partial charge in [-0.1, -0.05) is 17.7 Å². The van der Waals surface area contributed by atoms with Gasteiger partial charge >= 0.3 is 0 Å². The van der Waals surface area contributed by atoms with Crippen LogP contribution in [0.5, 0.6) is 0 Å². The number of nitrogens with zero attached hydrogens (tertiary/aromatic N) is 2. The lowest BCUT2D eigenvalue weighted by atomic mass is 10.2. The molecule has 0 bridgehead atoms. The fourth-order valence-corrected chi connectivity index (χ4v) is 2.29. The van der Waals surface area contributed by atoms with Gasteiger partial charge in [0.25, 0.3) is 0 Å². The summed E-state index contributed by atoms with van der Waals surface area (Å²) >= 11 is 6.13. The molecule has 2 aromatic carbocycles. The highest BCUT2D eigenvalue weighted by Crippen LogP contribution is 2.27. The van der Waals surface area contributed by atoms with Gasteiger partial charge < -0.3 is 5.32 Å². The van der Waals surface area contributed by atoms with Crippen LogP contribution in [0.3, 0.4) is 0 Å². The zero-order valence-corrected chi connectivity index (χ0v) is 11.6. The third-order valence-electron chi connectivity index (χ3n) is 3.30. The SMILES string of the molecule is Cc1c(Cl)cccc1Nc1ccc2cnn(C)c2c1. The second-order valence-corrected chi connectivity index (χ2v) is 4.99. The van der Waals surface area contributed by atoms with E-state index in [0.29, 0.717) is 0 Å². The monoisotopic (exact) mass is 271 g/mol. The molecule has 3 aromatic rings. The quantitative estimate of drug-likeness (QED) is 0.754. The van der Waals surface area contributed by atoms with E-state index in [4.69, 9.17) is 11.6 Å². The lowest BCUT2D eigenvalue weighted by molar-refractivity contribution is 0.797. The van der Waals surface area contributed by atoms with Gasteiger partial charge in [-0.15, -0.1) is 0 Å². The molecule has 0 saturated heterocycles. The number of hydrogen-bond donors (Lipinski definition) is 1. The van der Waals surface area contributed by atoms with Crippen molar-refractivity contribution in [2.45, 2.75) is 6.92 Å². The normalized spacial score (nSPS) is 10.9. The summed E-state index contributed by atoms with van der Waals surface area (Å²) in [6, 6.07) is 12.1. The molecule has 1 heterocycles. The fraction of sp³-hybridized carbons (Fsp3) is 0.133. The highest BCUT2D eigenvalue weighted by atomic mass is 35.5. The second-order valence-electron chi connectivity index (χ2n) is 4.58. The number of fused-ring (bicyclic) bond motifs is 1. The van der Waals surface area contributed by atoms with Gasteiger partial charge in [-0.25, -0.2) is 0 Å². The van der Waals surface area contributed by atoms with Crippen LogP contribution >= 0.6 is 11.6 Å². The largest absolute Gasteiger partial charge is 0.355 e. The van der Waals surface area contributed by atoms with Crippen LogP contribution in [0.1, 0.15) is 5.56 Å². The highest BCUT2D eigenvalue weighted by molar-refractivity contribution is 6.31. The van der Waals surface area contributed by atoms with Crippen molar-refractivity contribution in [1.29, 1.82) is 0 Å². The molecule has 0 amide bonds. The number of anilines is 2. The molecule has 0 aliphatic rings. The van der Waals surface area contributed by atoms with E-state index >= 15 is 0 Å². The molecule has 0 fully saturated rings. The zero-order chi connectivity index (χ0) is 13.4. The molecule has 1 N–H and O–H groups in total. The van der Waals surface area contributed by atoms with Gasteiger partial charge in [0.1, 0.15) is 0 Å². The topological polar surface area (TPSA) is 29.9 Å². The molecule has 19 heavy (non-hydrogen) atoms. The van der Waals surface area contributed by atoms with Crippen LogP contribution in [0, 0.1) is 6.92 Å². The maximum absolute atomic E-state index is 6.13. The maximum atomic E-state index is 6.13. The molecule has 0 atom stereocenters. The predicted molar refractivity (Wildman–Crippen MR) is 80.2 cm³/mol. The van der Waals surface area contributed by atoms with Crippen molar-refractivity contribution in [3.63, 3.8) is 0 Å². The fourth-order valence-electron chi connectivity index (χ4n) is 2.12. The number of nitrogens with one attached hydrogen (secondary N) is 1. The Bertz CT molecular complexity index is 746. The minimum atomic E-state index is 0.770. The Morgan fingerprint density at radius 2 is 2.05 bits per heavy atom. The summed E-state index contributed by atoms with van der Waals surface area (Å²) < 4.78 is 1.87. The first-order chi connectivity index (χ1) is 9.15. The molecule has 4 heteroatoms. The molecular weight excluding hydrogens is 258 g/mol. The third-order valence-corrected chi connectivity index (χ3v) is 3.71. The smallest absolute Gasteiger partial charge is 0.0699 e. The molecule has 0 aliphatic heterocycles. The number of aromatic nitrogens is 2. The Labute approximate surface area is 116 Å². The summed E-state index contributed by atoms with van der Waals surface area (Å²) in [6.07, 6.45) is 1.86. The van der Waals surface area contributed by atoms with Crippen molar-refractivity contribution in [2.75, 3.05) is 5.32 Å². The van der Waals surface area contributed by atoms with Gasteiger partial charge in [0.05, 0.1) is 11.7 Å². The van der Waals surface area contributed by atoms with Crippen molar-refractivity contribution in [2.24, 2.45) is 7.05 Å². The zero-order valence-electron chi connectivity index (χ0n) is 10.8. The van der Waals surface area contributed by atoms with Gasteiger partial charge in [-0.3, -0.25) is 4.68 Å². The van der Waals surface area contributed by atoms with Crippen LogP contribution in [-0.2, 0) is 7.05 Å². The molecule has 0 radical (unpaired) electrons. The lowest BCUT2D eigenvalue weighted by Gasteiger charge is -2.11. The molecule has 3 rings (SSSR count). The van der Waals surface area contributed by atoms with Gasteiger partial charge in [-0.2, -0.15) is 5.10 Å². The lowest BCUT2D eigenvalue weighted by Crippen LogP contribution is -1.94. The van der Waals surface area contributed by atoms with Crippen LogP contribution < -0.4 is 5.32 Å². The number of rotatable bonds is 2. The number of aryl methyl sites for hydroxylation is 1. The molecule has 0 aliphatic carbocycles. The Morgan fingerprint density at radius 3 is 2.89 bits per heavy atom. The van der Waals surface area contributed by atoms with Crippen LogP contribution in [0.2, 0.25) is 5.02 Å². The summed E-state index contributed by atoms with van der Waals surface area (Å²) in [5.41, 5.74) is 4.20. The molecule has 0 spiro atoms. The molecule has 3 nitrogen and oxygen atoms in total. The summed E-state index contributed by atoms with van der Waals surface area (Å²) in [7, 11) is 1.94. The Balaban J connectivity index is 2.01. The van der Waals surface area contributed by atoms with Crippen molar-refractivity contribution >= 4 is 33.9 Å². The van der Waals surface area contributed by atoms with Gasteiger partial charge in [0.2, 0.25) is 0 Å². The van der Waals surface area contributed by atoms with E-state index in [1.807, 2.05) is 49.1 Å². The van der Waals surface area contributed by atoms with E-state index in [2.05, 4.69) is 22.5 Å². The predicted octanol–water partition coefficient (Wildman–Crippen LogP) is 4.28. The van der Waals surface area contributed by atoms with E-state index in [1.54, 1.807) is 0 Å². The first kappa shape index (κ1) is 12.1. The first-order valence-corrected chi connectivity index (χ1v) is 6.47. The van der Waals surface area contributed by atoms with Crippen molar-refractivity contribution in [3.8, 4) is 0 Å². The maximum Gasteiger partial charge on any atom is 0.0699 e. The Hall–Kier alpha value is -2.00.